The fraction of sp³-hybridized carbons (Fsp3) is 0.750. The van der Waals surface area contributed by atoms with E-state index in [0.717, 1.165) is 13.0 Å². The lowest BCUT2D eigenvalue weighted by atomic mass is 10.2. The third-order valence-corrected chi connectivity index (χ3v) is 2.19. The number of hydrogen-bond acceptors (Lipinski definition) is 3. The molecular formula is C12H22N2O2. The molecule has 1 aliphatic heterocycles. The average molecular weight is 226 g/mol. The molecule has 1 amide bonds. The maximum atomic E-state index is 11.8. The van der Waals surface area contributed by atoms with E-state index in [2.05, 4.69) is 6.20 Å². The Morgan fingerprint density at radius 1 is 1.44 bits per heavy atom. The maximum Gasteiger partial charge on any atom is 0.410 e. The molecule has 0 N–H and O–H groups in total. The van der Waals surface area contributed by atoms with Crippen LogP contribution in [0.4, 0.5) is 4.79 Å². The van der Waals surface area contributed by atoms with Crippen LogP contribution >= 0.6 is 0 Å². The van der Waals surface area contributed by atoms with Gasteiger partial charge < -0.3 is 14.5 Å². The summed E-state index contributed by atoms with van der Waals surface area (Å²) in [5, 5.41) is 0. The second kappa shape index (κ2) is 4.76. The van der Waals surface area contributed by atoms with Gasteiger partial charge >= 0.3 is 6.09 Å². The number of carbonyl (C=O) groups is 1. The Labute approximate surface area is 97.9 Å². The Bertz CT molecular complexity index is 290. The highest BCUT2D eigenvalue weighted by molar-refractivity contribution is 5.69. The molecule has 1 rings (SSSR count). The van der Waals surface area contributed by atoms with Crippen LogP contribution in [0.2, 0.25) is 0 Å². The van der Waals surface area contributed by atoms with E-state index < -0.39 is 5.60 Å². The van der Waals surface area contributed by atoms with Gasteiger partial charge in [0, 0.05) is 27.2 Å². The van der Waals surface area contributed by atoms with Crippen molar-refractivity contribution in [3.63, 3.8) is 0 Å². The van der Waals surface area contributed by atoms with E-state index >= 15 is 0 Å². The summed E-state index contributed by atoms with van der Waals surface area (Å²) in [4.78, 5) is 15.5. The van der Waals surface area contributed by atoms with Gasteiger partial charge in [-0.1, -0.05) is 0 Å². The summed E-state index contributed by atoms with van der Waals surface area (Å²) in [5.41, 5.74) is 0.862. The standard InChI is InChI=1S/C12H22N2O2/c1-12(2,3)16-11(15)14-7-6-10(9-14)8-13(4)5/h8H,6-7,9H2,1-5H3/b10-8+. The molecule has 0 aromatic rings. The van der Waals surface area contributed by atoms with Crippen molar-refractivity contribution in [1.82, 2.24) is 9.80 Å². The first-order valence-electron chi connectivity index (χ1n) is 5.62. The Hall–Kier alpha value is -1.19. The SMILES string of the molecule is CN(C)/C=C1\CCN(C(=O)OC(C)(C)C)C1. The molecule has 0 spiro atoms. The summed E-state index contributed by atoms with van der Waals surface area (Å²) in [5.74, 6) is 0. The molecule has 0 radical (unpaired) electrons. The molecule has 1 aliphatic rings. The van der Waals surface area contributed by atoms with Gasteiger partial charge in [0.25, 0.3) is 0 Å². The number of carbonyl (C=O) groups excluding carboxylic acids is 1. The summed E-state index contributed by atoms with van der Waals surface area (Å²) < 4.78 is 5.32. The topological polar surface area (TPSA) is 32.8 Å². The van der Waals surface area contributed by atoms with Gasteiger partial charge in [-0.3, -0.25) is 0 Å². The van der Waals surface area contributed by atoms with E-state index in [1.54, 1.807) is 4.90 Å². The van der Waals surface area contributed by atoms with Crippen LogP contribution in [0.1, 0.15) is 27.2 Å². The Balaban J connectivity index is 2.50. The largest absolute Gasteiger partial charge is 0.444 e. The van der Waals surface area contributed by atoms with Crippen molar-refractivity contribution in [2.75, 3.05) is 27.2 Å². The minimum absolute atomic E-state index is 0.213. The van der Waals surface area contributed by atoms with Crippen molar-refractivity contribution in [1.29, 1.82) is 0 Å². The molecule has 0 aromatic heterocycles. The summed E-state index contributed by atoms with van der Waals surface area (Å²) in [7, 11) is 3.98. The van der Waals surface area contributed by atoms with Crippen LogP contribution in [0.5, 0.6) is 0 Å². The molecule has 4 nitrogen and oxygen atoms in total. The summed E-state index contributed by atoms with van der Waals surface area (Å²) >= 11 is 0. The van der Waals surface area contributed by atoms with E-state index in [1.165, 1.54) is 5.57 Å². The monoisotopic (exact) mass is 226 g/mol. The van der Waals surface area contributed by atoms with Crippen LogP contribution in [0.15, 0.2) is 11.8 Å². The molecule has 92 valence electrons. The van der Waals surface area contributed by atoms with Crippen molar-refractivity contribution in [2.45, 2.75) is 32.8 Å². The number of likely N-dealkylation sites (tertiary alicyclic amines) is 1. The zero-order chi connectivity index (χ0) is 12.3. The first kappa shape index (κ1) is 12.9. The number of ether oxygens (including phenoxy) is 1. The predicted molar refractivity (Wildman–Crippen MR) is 64.2 cm³/mol. The van der Waals surface area contributed by atoms with Crippen molar-refractivity contribution >= 4 is 6.09 Å². The lowest BCUT2D eigenvalue weighted by molar-refractivity contribution is 0.0299. The van der Waals surface area contributed by atoms with Crippen LogP contribution in [0, 0.1) is 0 Å². The lowest BCUT2D eigenvalue weighted by Crippen LogP contribution is -2.34. The zero-order valence-electron chi connectivity index (χ0n) is 10.9. The van der Waals surface area contributed by atoms with Gasteiger partial charge in [-0.2, -0.15) is 0 Å². The summed E-state index contributed by atoms with van der Waals surface area (Å²) in [6.07, 6.45) is 2.80. The highest BCUT2D eigenvalue weighted by Crippen LogP contribution is 2.18. The fourth-order valence-corrected chi connectivity index (χ4v) is 1.63. The molecule has 1 saturated heterocycles. The first-order valence-corrected chi connectivity index (χ1v) is 5.62. The van der Waals surface area contributed by atoms with Gasteiger partial charge in [0.15, 0.2) is 0 Å². The zero-order valence-corrected chi connectivity index (χ0v) is 10.9. The molecule has 16 heavy (non-hydrogen) atoms. The average Bonchev–Trinajstić information content (AvgIpc) is 2.48. The van der Waals surface area contributed by atoms with Crippen LogP contribution in [0.25, 0.3) is 0 Å². The molecule has 0 bridgehead atoms. The third-order valence-electron chi connectivity index (χ3n) is 2.19. The smallest absolute Gasteiger partial charge is 0.410 e. The lowest BCUT2D eigenvalue weighted by Gasteiger charge is -2.24. The van der Waals surface area contributed by atoms with Crippen molar-refractivity contribution in [3.05, 3.63) is 11.8 Å². The van der Waals surface area contributed by atoms with E-state index in [1.807, 2.05) is 39.8 Å². The second-order valence-corrected chi connectivity index (χ2v) is 5.40. The van der Waals surface area contributed by atoms with Gasteiger partial charge in [0.2, 0.25) is 0 Å². The minimum Gasteiger partial charge on any atom is -0.444 e. The Kier molecular flexibility index (Phi) is 3.83. The van der Waals surface area contributed by atoms with Crippen LogP contribution in [0.3, 0.4) is 0 Å². The third kappa shape index (κ3) is 4.13. The molecule has 0 unspecified atom stereocenters. The van der Waals surface area contributed by atoms with Gasteiger partial charge in [-0.05, 0) is 39.0 Å². The fourth-order valence-electron chi connectivity index (χ4n) is 1.63. The number of hydrogen-bond donors (Lipinski definition) is 0. The van der Waals surface area contributed by atoms with E-state index in [0.29, 0.717) is 6.54 Å². The van der Waals surface area contributed by atoms with Crippen molar-refractivity contribution < 1.29 is 9.53 Å². The quantitative estimate of drug-likeness (QED) is 0.686. The first-order chi connectivity index (χ1) is 7.28. The van der Waals surface area contributed by atoms with E-state index in [4.69, 9.17) is 4.74 Å². The molecule has 0 atom stereocenters. The molecule has 1 heterocycles. The Morgan fingerprint density at radius 2 is 2.06 bits per heavy atom. The normalized spacial score (nSPS) is 19.1. The number of rotatable bonds is 1. The molecule has 0 saturated carbocycles. The van der Waals surface area contributed by atoms with E-state index in [9.17, 15) is 4.79 Å². The van der Waals surface area contributed by atoms with Gasteiger partial charge in [-0.15, -0.1) is 0 Å². The predicted octanol–water partition coefficient (Wildman–Crippen LogP) is 2.07. The summed E-state index contributed by atoms with van der Waals surface area (Å²) in [6, 6.07) is 0. The molecular weight excluding hydrogens is 204 g/mol. The molecule has 4 heteroatoms. The molecule has 1 fully saturated rings. The van der Waals surface area contributed by atoms with Crippen molar-refractivity contribution in [3.8, 4) is 0 Å². The number of amides is 1. The molecule has 0 aromatic carbocycles. The van der Waals surface area contributed by atoms with Crippen LogP contribution < -0.4 is 0 Å². The highest BCUT2D eigenvalue weighted by atomic mass is 16.6. The van der Waals surface area contributed by atoms with Gasteiger partial charge in [0.05, 0.1) is 0 Å². The van der Waals surface area contributed by atoms with E-state index in [-0.39, 0.29) is 6.09 Å². The van der Waals surface area contributed by atoms with Crippen LogP contribution in [-0.4, -0.2) is 48.7 Å². The second-order valence-electron chi connectivity index (χ2n) is 5.40. The summed E-state index contributed by atoms with van der Waals surface area (Å²) in [6.45, 7) is 7.11. The minimum atomic E-state index is -0.412. The maximum absolute atomic E-state index is 11.8. The van der Waals surface area contributed by atoms with Crippen molar-refractivity contribution in [2.24, 2.45) is 0 Å². The number of nitrogens with zero attached hydrogens (tertiary/aromatic N) is 2. The highest BCUT2D eigenvalue weighted by Gasteiger charge is 2.26. The van der Waals surface area contributed by atoms with Gasteiger partial charge in [0.1, 0.15) is 5.60 Å². The molecule has 0 aliphatic carbocycles. The Morgan fingerprint density at radius 3 is 2.56 bits per heavy atom. The van der Waals surface area contributed by atoms with Gasteiger partial charge in [-0.25, -0.2) is 4.79 Å². The van der Waals surface area contributed by atoms with Crippen LogP contribution in [-0.2, 0) is 4.74 Å².